The van der Waals surface area contributed by atoms with Crippen LogP contribution in [-0.4, -0.2) is 36.9 Å². The van der Waals surface area contributed by atoms with Crippen molar-refractivity contribution in [1.29, 1.82) is 0 Å². The van der Waals surface area contributed by atoms with Crippen LogP contribution in [0, 0.1) is 18.7 Å². The molecule has 4 nitrogen and oxygen atoms in total. The Bertz CT molecular complexity index is 815. The molecule has 0 spiro atoms. The Morgan fingerprint density at radius 1 is 1.00 bits per heavy atom. The van der Waals surface area contributed by atoms with Crippen molar-refractivity contribution in [2.45, 2.75) is 31.7 Å². The molecule has 1 fully saturated rings. The second-order valence-corrected chi connectivity index (χ2v) is 7.51. The van der Waals surface area contributed by atoms with E-state index in [1.807, 2.05) is 19.1 Å². The molecule has 1 aliphatic carbocycles. The van der Waals surface area contributed by atoms with Gasteiger partial charge in [0.1, 0.15) is 5.82 Å². The normalized spacial score (nSPS) is 21.7. The predicted octanol–water partition coefficient (Wildman–Crippen LogP) is 3.51. The smallest absolute Gasteiger partial charge is 0.251 e. The van der Waals surface area contributed by atoms with E-state index in [0.717, 1.165) is 11.1 Å². The molecule has 27 heavy (non-hydrogen) atoms. The van der Waals surface area contributed by atoms with Crippen LogP contribution in [0.15, 0.2) is 48.5 Å². The van der Waals surface area contributed by atoms with Crippen molar-refractivity contribution >= 4 is 11.8 Å². The third-order valence-electron chi connectivity index (χ3n) is 5.27. The number of aryl methyl sites for hydroxylation is 1. The summed E-state index contributed by atoms with van der Waals surface area (Å²) in [6.07, 6.45) is 1.24. The third kappa shape index (κ3) is 4.35. The summed E-state index contributed by atoms with van der Waals surface area (Å²) < 4.78 is 13.3. The third-order valence-corrected chi connectivity index (χ3v) is 5.27. The Morgan fingerprint density at radius 2 is 1.63 bits per heavy atom. The number of carbonyl (C=O) groups excluding carboxylic acids is 2. The lowest BCUT2D eigenvalue weighted by Crippen LogP contribution is -2.34. The number of nitrogens with one attached hydrogen (secondary N) is 1. The highest BCUT2D eigenvalue weighted by Crippen LogP contribution is 2.40. The molecule has 0 saturated heterocycles. The van der Waals surface area contributed by atoms with Crippen molar-refractivity contribution in [1.82, 2.24) is 10.2 Å². The van der Waals surface area contributed by atoms with Crippen molar-refractivity contribution in [2.75, 3.05) is 14.1 Å². The van der Waals surface area contributed by atoms with Crippen LogP contribution in [0.4, 0.5) is 4.39 Å². The molecule has 1 aliphatic rings. The van der Waals surface area contributed by atoms with E-state index in [9.17, 15) is 14.0 Å². The van der Waals surface area contributed by atoms with Gasteiger partial charge in [-0.15, -0.1) is 0 Å². The number of nitrogens with zero attached hydrogens (tertiary/aromatic N) is 1. The van der Waals surface area contributed by atoms with Crippen molar-refractivity contribution in [3.63, 3.8) is 0 Å². The van der Waals surface area contributed by atoms with Gasteiger partial charge in [0.05, 0.1) is 0 Å². The molecule has 0 heterocycles. The highest BCUT2D eigenvalue weighted by atomic mass is 19.1. The Labute approximate surface area is 159 Å². The first kappa shape index (κ1) is 19.1. The molecule has 5 heteroatoms. The van der Waals surface area contributed by atoms with E-state index in [0.29, 0.717) is 18.4 Å². The number of hydrogen-bond donors (Lipinski definition) is 1. The summed E-state index contributed by atoms with van der Waals surface area (Å²) in [4.78, 5) is 26.8. The number of halogens is 1. The average molecular weight is 368 g/mol. The maximum Gasteiger partial charge on any atom is 0.251 e. The molecule has 0 aliphatic heterocycles. The van der Waals surface area contributed by atoms with Crippen LogP contribution < -0.4 is 5.32 Å². The van der Waals surface area contributed by atoms with E-state index in [1.165, 1.54) is 12.1 Å². The lowest BCUT2D eigenvalue weighted by Gasteiger charge is -2.22. The number of benzene rings is 2. The molecule has 0 aromatic heterocycles. The number of hydrogen-bond acceptors (Lipinski definition) is 2. The second-order valence-electron chi connectivity index (χ2n) is 7.51. The van der Waals surface area contributed by atoms with Crippen LogP contribution in [0.2, 0.25) is 0 Å². The zero-order valence-corrected chi connectivity index (χ0v) is 15.9. The van der Waals surface area contributed by atoms with Gasteiger partial charge < -0.3 is 10.2 Å². The van der Waals surface area contributed by atoms with Gasteiger partial charge in [0, 0.05) is 31.6 Å². The minimum atomic E-state index is -0.295. The van der Waals surface area contributed by atoms with Gasteiger partial charge in [-0.1, -0.05) is 29.8 Å². The second kappa shape index (κ2) is 7.91. The zero-order chi connectivity index (χ0) is 19.6. The molecule has 2 aromatic rings. The fourth-order valence-electron chi connectivity index (χ4n) is 3.81. The monoisotopic (exact) mass is 368 g/mol. The maximum atomic E-state index is 13.3. The summed E-state index contributed by atoms with van der Waals surface area (Å²) in [5.41, 5.74) is 2.64. The van der Waals surface area contributed by atoms with Crippen LogP contribution in [0.25, 0.3) is 0 Å². The van der Waals surface area contributed by atoms with Gasteiger partial charge in [0.2, 0.25) is 5.91 Å². The van der Waals surface area contributed by atoms with Gasteiger partial charge in [-0.3, -0.25) is 9.59 Å². The van der Waals surface area contributed by atoms with Crippen molar-refractivity contribution in [2.24, 2.45) is 5.92 Å². The Hall–Kier alpha value is -2.69. The van der Waals surface area contributed by atoms with Crippen LogP contribution in [0.1, 0.15) is 40.2 Å². The first-order chi connectivity index (χ1) is 12.8. The van der Waals surface area contributed by atoms with Crippen molar-refractivity contribution in [3.8, 4) is 0 Å². The predicted molar refractivity (Wildman–Crippen MR) is 103 cm³/mol. The van der Waals surface area contributed by atoms with Crippen LogP contribution in [0.5, 0.6) is 0 Å². The molecule has 0 unspecified atom stereocenters. The minimum Gasteiger partial charge on any atom is -0.349 e. The molecule has 1 N–H and O–H groups in total. The molecule has 2 aromatic carbocycles. The fourth-order valence-corrected chi connectivity index (χ4v) is 3.81. The zero-order valence-electron chi connectivity index (χ0n) is 15.9. The summed E-state index contributed by atoms with van der Waals surface area (Å²) in [5.74, 6) is -0.652. The topological polar surface area (TPSA) is 49.4 Å². The maximum absolute atomic E-state index is 13.3. The van der Waals surface area contributed by atoms with Crippen molar-refractivity contribution < 1.29 is 14.0 Å². The van der Waals surface area contributed by atoms with E-state index in [2.05, 4.69) is 5.32 Å². The summed E-state index contributed by atoms with van der Waals surface area (Å²) in [7, 11) is 3.48. The van der Waals surface area contributed by atoms with E-state index in [4.69, 9.17) is 0 Å². The van der Waals surface area contributed by atoms with Crippen LogP contribution in [-0.2, 0) is 4.79 Å². The van der Waals surface area contributed by atoms with E-state index in [1.54, 1.807) is 43.3 Å². The SMILES string of the molecule is Cc1ccc(C(=O)N[C@@H]2C[C@H](C(=O)N(C)C)[C@@H](c3ccc(F)cc3)C2)cc1. The molecule has 0 bridgehead atoms. The molecule has 3 atom stereocenters. The van der Waals surface area contributed by atoms with Crippen molar-refractivity contribution in [3.05, 3.63) is 71.0 Å². The number of carbonyl (C=O) groups is 2. The van der Waals surface area contributed by atoms with Gasteiger partial charge in [0.25, 0.3) is 5.91 Å². The van der Waals surface area contributed by atoms with Gasteiger partial charge in [-0.25, -0.2) is 4.39 Å². The lowest BCUT2D eigenvalue weighted by atomic mass is 9.88. The van der Waals surface area contributed by atoms with E-state index >= 15 is 0 Å². The Morgan fingerprint density at radius 3 is 2.22 bits per heavy atom. The standard InChI is InChI=1S/C22H25FN2O2/c1-14-4-6-16(7-5-14)21(26)24-18-12-19(15-8-10-17(23)11-9-15)20(13-18)22(27)25(2)3/h4-11,18-20H,12-13H2,1-3H3,(H,24,26)/t18-,19+,20-/m0/s1. The molecule has 1 saturated carbocycles. The Kier molecular flexibility index (Phi) is 5.59. The largest absolute Gasteiger partial charge is 0.349 e. The Balaban J connectivity index is 1.77. The molecule has 3 rings (SSSR count). The molecule has 0 radical (unpaired) electrons. The molecular weight excluding hydrogens is 343 g/mol. The quantitative estimate of drug-likeness (QED) is 0.898. The summed E-state index contributed by atoms with van der Waals surface area (Å²) in [5, 5.41) is 3.07. The number of amides is 2. The van der Waals surface area contributed by atoms with E-state index < -0.39 is 0 Å². The first-order valence-corrected chi connectivity index (χ1v) is 9.19. The highest BCUT2D eigenvalue weighted by Gasteiger charge is 2.40. The van der Waals surface area contributed by atoms with Gasteiger partial charge >= 0.3 is 0 Å². The van der Waals surface area contributed by atoms with Gasteiger partial charge in [0.15, 0.2) is 0 Å². The first-order valence-electron chi connectivity index (χ1n) is 9.19. The molecular formula is C22H25FN2O2. The van der Waals surface area contributed by atoms with Gasteiger partial charge in [-0.05, 0) is 55.5 Å². The molecule has 2 amide bonds. The average Bonchev–Trinajstić information content (AvgIpc) is 3.05. The number of rotatable bonds is 4. The summed E-state index contributed by atoms with van der Waals surface area (Å²) in [6, 6.07) is 13.6. The van der Waals surface area contributed by atoms with Crippen LogP contribution >= 0.6 is 0 Å². The molecule has 142 valence electrons. The lowest BCUT2D eigenvalue weighted by molar-refractivity contribution is -0.133. The van der Waals surface area contributed by atoms with E-state index in [-0.39, 0.29) is 35.5 Å². The summed E-state index contributed by atoms with van der Waals surface area (Å²) in [6.45, 7) is 1.98. The minimum absolute atomic E-state index is 0.0381. The van der Waals surface area contributed by atoms with Crippen LogP contribution in [0.3, 0.4) is 0 Å². The highest BCUT2D eigenvalue weighted by molar-refractivity contribution is 5.94. The fraction of sp³-hybridized carbons (Fsp3) is 0.364. The van der Waals surface area contributed by atoms with Gasteiger partial charge in [-0.2, -0.15) is 0 Å². The summed E-state index contributed by atoms with van der Waals surface area (Å²) >= 11 is 0.